The molecule has 0 aliphatic carbocycles. The molecule has 2 heterocycles. The minimum absolute atomic E-state index is 0.134. The third-order valence-corrected chi connectivity index (χ3v) is 7.68. The van der Waals surface area contributed by atoms with Crippen molar-refractivity contribution in [2.45, 2.75) is 31.8 Å². The minimum Gasteiger partial charge on any atom is -0.481 e. The Morgan fingerprint density at radius 1 is 1.06 bits per heavy atom. The molecule has 0 saturated carbocycles. The Balaban J connectivity index is 1.81. The van der Waals surface area contributed by atoms with Crippen LogP contribution in [0.2, 0.25) is 0 Å². The molecule has 0 N–H and O–H groups in total. The molecule has 2 aromatic heterocycles. The molecular formula is C24H23F3O3S3. The van der Waals surface area contributed by atoms with Crippen LogP contribution in [-0.2, 0) is 15.7 Å². The lowest BCUT2D eigenvalue weighted by molar-refractivity contribution is -0.147. The number of carbonyl (C=O) groups excluding carboxylic acids is 1. The van der Waals surface area contributed by atoms with Crippen LogP contribution in [0.4, 0.5) is 13.2 Å². The smallest absolute Gasteiger partial charge is 0.420 e. The van der Waals surface area contributed by atoms with E-state index in [2.05, 4.69) is 32.1 Å². The van der Waals surface area contributed by atoms with Gasteiger partial charge in [-0.15, -0.1) is 34.4 Å². The molecule has 0 saturated heterocycles. The zero-order valence-corrected chi connectivity index (χ0v) is 20.8. The highest BCUT2D eigenvalue weighted by Crippen LogP contribution is 2.40. The molecule has 0 unspecified atom stereocenters. The van der Waals surface area contributed by atoms with Crippen molar-refractivity contribution in [1.29, 1.82) is 0 Å². The summed E-state index contributed by atoms with van der Waals surface area (Å²) in [5.74, 6) is -0.598. The van der Waals surface area contributed by atoms with Gasteiger partial charge in [-0.05, 0) is 73.0 Å². The molecule has 3 nitrogen and oxygen atoms in total. The SMILES string of the molecule is CCOC(=O)COc1ccc(SCC=C(c2sccc2C)c2sccc2C)cc1C(F)(F)F. The second-order valence-electron chi connectivity index (χ2n) is 7.04. The fourth-order valence-electron chi connectivity index (χ4n) is 3.09. The average molecular weight is 513 g/mol. The number of halogens is 3. The van der Waals surface area contributed by atoms with Gasteiger partial charge in [-0.25, -0.2) is 4.79 Å². The van der Waals surface area contributed by atoms with Gasteiger partial charge < -0.3 is 9.47 Å². The maximum Gasteiger partial charge on any atom is 0.420 e. The third-order valence-electron chi connectivity index (χ3n) is 4.66. The van der Waals surface area contributed by atoms with Crippen LogP contribution < -0.4 is 4.74 Å². The number of thiophene rings is 2. The van der Waals surface area contributed by atoms with Crippen LogP contribution in [0.15, 0.2) is 52.1 Å². The quantitative estimate of drug-likeness (QED) is 0.218. The van der Waals surface area contributed by atoms with Crippen LogP contribution in [0, 0.1) is 13.8 Å². The largest absolute Gasteiger partial charge is 0.481 e. The summed E-state index contributed by atoms with van der Waals surface area (Å²) in [6.45, 7) is 5.29. The van der Waals surface area contributed by atoms with E-state index in [1.54, 1.807) is 35.7 Å². The van der Waals surface area contributed by atoms with E-state index >= 15 is 0 Å². The number of esters is 1. The molecule has 0 fully saturated rings. The molecule has 1 aromatic carbocycles. The van der Waals surface area contributed by atoms with Gasteiger partial charge in [0.15, 0.2) is 6.61 Å². The number of rotatable bonds is 9. The summed E-state index contributed by atoms with van der Waals surface area (Å²) in [5.41, 5.74) is 2.54. The van der Waals surface area contributed by atoms with Crippen molar-refractivity contribution in [2.24, 2.45) is 0 Å². The van der Waals surface area contributed by atoms with E-state index in [-0.39, 0.29) is 12.4 Å². The fraction of sp³-hybridized carbons (Fsp3) is 0.292. The lowest BCUT2D eigenvalue weighted by Crippen LogP contribution is -2.17. The Morgan fingerprint density at radius 3 is 2.21 bits per heavy atom. The zero-order chi connectivity index (χ0) is 24.0. The molecule has 33 heavy (non-hydrogen) atoms. The number of hydrogen-bond acceptors (Lipinski definition) is 6. The molecule has 3 aromatic rings. The van der Waals surface area contributed by atoms with E-state index in [1.807, 2.05) is 10.8 Å². The van der Waals surface area contributed by atoms with Crippen molar-refractivity contribution in [2.75, 3.05) is 19.0 Å². The van der Waals surface area contributed by atoms with Crippen molar-refractivity contribution in [3.05, 3.63) is 73.6 Å². The minimum atomic E-state index is -4.61. The topological polar surface area (TPSA) is 35.5 Å². The Hall–Kier alpha value is -2.23. The first kappa shape index (κ1) is 25.4. The highest BCUT2D eigenvalue weighted by molar-refractivity contribution is 7.99. The van der Waals surface area contributed by atoms with Gasteiger partial charge >= 0.3 is 12.1 Å². The highest BCUT2D eigenvalue weighted by atomic mass is 32.2. The summed E-state index contributed by atoms with van der Waals surface area (Å²) in [6, 6.07) is 8.01. The van der Waals surface area contributed by atoms with Crippen LogP contribution in [0.5, 0.6) is 5.75 Å². The average Bonchev–Trinajstić information content (AvgIpc) is 3.38. The van der Waals surface area contributed by atoms with Gasteiger partial charge in [0.2, 0.25) is 0 Å². The Labute approximate surface area is 203 Å². The molecule has 176 valence electrons. The number of alkyl halides is 3. The van der Waals surface area contributed by atoms with E-state index < -0.39 is 24.3 Å². The molecule has 3 rings (SSSR count). The van der Waals surface area contributed by atoms with Crippen molar-refractivity contribution in [3.8, 4) is 5.75 Å². The van der Waals surface area contributed by atoms with Crippen molar-refractivity contribution < 1.29 is 27.4 Å². The van der Waals surface area contributed by atoms with Gasteiger partial charge in [0.1, 0.15) is 5.75 Å². The molecule has 0 atom stereocenters. The number of benzene rings is 1. The predicted molar refractivity (Wildman–Crippen MR) is 129 cm³/mol. The zero-order valence-electron chi connectivity index (χ0n) is 18.3. The Kier molecular flexibility index (Phi) is 8.67. The van der Waals surface area contributed by atoms with Crippen LogP contribution >= 0.6 is 34.4 Å². The molecule has 0 aliphatic heterocycles. The molecule has 0 aliphatic rings. The van der Waals surface area contributed by atoms with Crippen molar-refractivity contribution in [1.82, 2.24) is 0 Å². The summed E-state index contributed by atoms with van der Waals surface area (Å²) in [7, 11) is 0. The lowest BCUT2D eigenvalue weighted by Gasteiger charge is -2.15. The molecular weight excluding hydrogens is 489 g/mol. The molecule has 9 heteroatoms. The van der Waals surface area contributed by atoms with E-state index in [4.69, 9.17) is 9.47 Å². The van der Waals surface area contributed by atoms with Gasteiger partial charge in [-0.3, -0.25) is 0 Å². The first-order valence-electron chi connectivity index (χ1n) is 10.1. The summed E-state index contributed by atoms with van der Waals surface area (Å²) < 4.78 is 50.6. The molecule has 0 radical (unpaired) electrons. The van der Waals surface area contributed by atoms with E-state index in [0.29, 0.717) is 10.6 Å². The number of aryl methyl sites for hydroxylation is 2. The van der Waals surface area contributed by atoms with Crippen LogP contribution in [0.1, 0.15) is 33.4 Å². The predicted octanol–water partition coefficient (Wildman–Crippen LogP) is 7.61. The number of carbonyl (C=O) groups is 1. The number of thioether (sulfide) groups is 1. The van der Waals surface area contributed by atoms with Gasteiger partial charge in [0.05, 0.1) is 12.2 Å². The second kappa shape index (κ2) is 11.3. The summed E-state index contributed by atoms with van der Waals surface area (Å²) in [6.07, 6.45) is -2.54. The van der Waals surface area contributed by atoms with Gasteiger partial charge in [0, 0.05) is 26.0 Å². The fourth-order valence-corrected chi connectivity index (χ4v) is 5.91. The van der Waals surface area contributed by atoms with Crippen LogP contribution in [0.3, 0.4) is 0 Å². The molecule has 0 spiro atoms. The maximum absolute atomic E-state index is 13.6. The summed E-state index contributed by atoms with van der Waals surface area (Å²) >= 11 is 4.62. The Morgan fingerprint density at radius 2 is 1.70 bits per heavy atom. The normalized spacial score (nSPS) is 11.3. The van der Waals surface area contributed by atoms with Crippen molar-refractivity contribution >= 4 is 46.0 Å². The van der Waals surface area contributed by atoms with Crippen molar-refractivity contribution in [3.63, 3.8) is 0 Å². The number of hydrogen-bond donors (Lipinski definition) is 0. The molecule has 0 bridgehead atoms. The second-order valence-corrected chi connectivity index (χ2v) is 9.97. The maximum atomic E-state index is 13.6. The summed E-state index contributed by atoms with van der Waals surface area (Å²) in [5, 5.41) is 4.08. The van der Waals surface area contributed by atoms with Gasteiger partial charge in [-0.2, -0.15) is 13.2 Å². The summed E-state index contributed by atoms with van der Waals surface area (Å²) in [4.78, 5) is 14.3. The monoisotopic (exact) mass is 512 g/mol. The van der Waals surface area contributed by atoms with E-state index in [1.165, 1.54) is 38.7 Å². The molecule has 0 amide bonds. The highest BCUT2D eigenvalue weighted by Gasteiger charge is 2.35. The third kappa shape index (κ3) is 6.65. The van der Waals surface area contributed by atoms with Gasteiger partial charge in [-0.1, -0.05) is 6.08 Å². The standard InChI is InChI=1S/C24H23F3O3S3/c1-4-29-21(28)14-30-20-6-5-17(13-19(20)24(25,26)27)31-12-9-18(22-15(2)7-10-32-22)23-16(3)8-11-33-23/h5-11,13H,4,12,14H2,1-3H3. The number of ether oxygens (including phenoxy) is 2. The van der Waals surface area contributed by atoms with E-state index in [9.17, 15) is 18.0 Å². The Bertz CT molecular complexity index is 1090. The first-order chi connectivity index (χ1) is 15.7. The van der Waals surface area contributed by atoms with Crippen LogP contribution in [-0.4, -0.2) is 24.9 Å². The van der Waals surface area contributed by atoms with Gasteiger partial charge in [0.25, 0.3) is 0 Å². The van der Waals surface area contributed by atoms with E-state index in [0.717, 1.165) is 11.6 Å². The van der Waals surface area contributed by atoms with Crippen LogP contribution in [0.25, 0.3) is 5.57 Å². The first-order valence-corrected chi connectivity index (χ1v) is 12.9. The lowest BCUT2D eigenvalue weighted by atomic mass is 10.1.